The monoisotopic (exact) mass is 306 g/mol. The standard InChI is InChI=1S/C20H21N2O/c1-21-11-13-22(14-12-21)18-15-20(16-7-3-2-4-8-16)23-19-10-6-5-9-17(18)19/h2-10,15H,11-14H2,1H3/q+1/p+1. The van der Waals surface area contributed by atoms with Crippen molar-refractivity contribution in [3.8, 4) is 11.3 Å². The van der Waals surface area contributed by atoms with Crippen LogP contribution in [0.25, 0.3) is 22.3 Å². The van der Waals surface area contributed by atoms with Gasteiger partial charge in [-0.2, -0.15) is 0 Å². The van der Waals surface area contributed by atoms with E-state index in [1.54, 1.807) is 4.90 Å². The van der Waals surface area contributed by atoms with E-state index < -0.39 is 0 Å². The van der Waals surface area contributed by atoms with E-state index in [9.17, 15) is 0 Å². The van der Waals surface area contributed by atoms with Crippen LogP contribution in [0, 0.1) is 0 Å². The molecule has 3 aromatic rings. The predicted octanol–water partition coefficient (Wildman–Crippen LogP) is 1.40. The number of rotatable bonds is 1. The summed E-state index contributed by atoms with van der Waals surface area (Å²) >= 11 is 0. The zero-order valence-electron chi connectivity index (χ0n) is 13.5. The molecule has 2 aromatic carbocycles. The molecule has 1 aliphatic rings. The van der Waals surface area contributed by atoms with Gasteiger partial charge in [0.05, 0.1) is 18.5 Å². The third kappa shape index (κ3) is 2.80. The normalized spacial score (nSPS) is 18.3. The Morgan fingerprint density at radius 2 is 1.61 bits per heavy atom. The van der Waals surface area contributed by atoms with Crippen LogP contribution in [0.3, 0.4) is 0 Å². The number of hydrogen-bond donors (Lipinski definition) is 1. The second kappa shape index (κ2) is 6.01. The van der Waals surface area contributed by atoms with E-state index in [4.69, 9.17) is 4.42 Å². The molecule has 3 nitrogen and oxygen atoms in total. The van der Waals surface area contributed by atoms with Crippen molar-refractivity contribution in [3.63, 3.8) is 0 Å². The Balaban J connectivity index is 1.97. The molecule has 0 amide bonds. The lowest BCUT2D eigenvalue weighted by atomic mass is 10.1. The second-order valence-electron chi connectivity index (χ2n) is 6.30. The molecule has 1 N–H and O–H groups in total. The minimum Gasteiger partial charge on any atom is -0.456 e. The molecule has 116 valence electrons. The Morgan fingerprint density at radius 1 is 0.913 bits per heavy atom. The van der Waals surface area contributed by atoms with Crippen molar-refractivity contribution >= 4 is 11.0 Å². The van der Waals surface area contributed by atoms with Crippen LogP contribution in [-0.4, -0.2) is 33.2 Å². The zero-order valence-corrected chi connectivity index (χ0v) is 13.5. The van der Waals surface area contributed by atoms with E-state index in [0.717, 1.165) is 30.0 Å². The number of quaternary nitrogens is 1. The van der Waals surface area contributed by atoms with Crippen LogP contribution in [0.2, 0.25) is 0 Å². The number of piperazine rings is 1. The quantitative estimate of drug-likeness (QED) is 0.674. The van der Waals surface area contributed by atoms with E-state index in [1.807, 2.05) is 12.1 Å². The van der Waals surface area contributed by atoms with Gasteiger partial charge >= 0.3 is 0 Å². The number of benzene rings is 2. The first kappa shape index (κ1) is 14.2. The van der Waals surface area contributed by atoms with Crippen molar-refractivity contribution in [2.75, 3.05) is 33.2 Å². The molecule has 2 heterocycles. The first-order valence-electron chi connectivity index (χ1n) is 8.29. The fourth-order valence-corrected chi connectivity index (χ4v) is 3.25. The van der Waals surface area contributed by atoms with Gasteiger partial charge in [-0.3, -0.25) is 0 Å². The summed E-state index contributed by atoms with van der Waals surface area (Å²) < 4.78 is 8.67. The van der Waals surface area contributed by atoms with Crippen LogP contribution in [0.15, 0.2) is 65.1 Å². The van der Waals surface area contributed by atoms with Gasteiger partial charge in [-0.05, 0) is 12.1 Å². The van der Waals surface area contributed by atoms with E-state index in [1.165, 1.54) is 23.8 Å². The number of hydrogen-bond acceptors (Lipinski definition) is 1. The van der Waals surface area contributed by atoms with Gasteiger partial charge in [0.2, 0.25) is 5.36 Å². The fourth-order valence-electron chi connectivity index (χ4n) is 3.25. The molecule has 1 aliphatic heterocycles. The van der Waals surface area contributed by atoms with E-state index in [0.29, 0.717) is 0 Å². The number of para-hydroxylation sites is 1. The molecule has 0 aliphatic carbocycles. The summed E-state index contributed by atoms with van der Waals surface area (Å²) in [4.78, 5) is 1.61. The van der Waals surface area contributed by atoms with Gasteiger partial charge in [0.15, 0.2) is 13.1 Å². The summed E-state index contributed by atoms with van der Waals surface area (Å²) in [6.45, 7) is 4.55. The topological polar surface area (TPSA) is 20.6 Å². The molecule has 0 atom stereocenters. The summed E-state index contributed by atoms with van der Waals surface area (Å²) in [6.07, 6.45) is 0. The predicted molar refractivity (Wildman–Crippen MR) is 93.3 cm³/mol. The molecular weight excluding hydrogens is 284 g/mol. The van der Waals surface area contributed by atoms with Crippen LogP contribution in [0.1, 0.15) is 0 Å². The molecule has 0 bridgehead atoms. The van der Waals surface area contributed by atoms with Crippen molar-refractivity contribution in [2.45, 2.75) is 0 Å². The number of likely N-dealkylation sites (N-methyl/N-ethyl adjacent to an activating group) is 1. The molecule has 1 aromatic heterocycles. The van der Waals surface area contributed by atoms with Gasteiger partial charge in [0, 0.05) is 5.56 Å². The maximum Gasteiger partial charge on any atom is 0.215 e. The van der Waals surface area contributed by atoms with Crippen molar-refractivity contribution in [2.24, 2.45) is 0 Å². The Morgan fingerprint density at radius 3 is 2.39 bits per heavy atom. The summed E-state index contributed by atoms with van der Waals surface area (Å²) in [7, 11) is 2.27. The highest BCUT2D eigenvalue weighted by atomic mass is 16.3. The van der Waals surface area contributed by atoms with Gasteiger partial charge in [-0.25, -0.2) is 4.58 Å². The molecule has 4 rings (SSSR count). The molecule has 0 unspecified atom stereocenters. The Hall–Kier alpha value is -2.39. The third-order valence-electron chi connectivity index (χ3n) is 4.67. The highest BCUT2D eigenvalue weighted by molar-refractivity contribution is 5.78. The second-order valence-corrected chi connectivity index (χ2v) is 6.30. The lowest BCUT2D eigenvalue weighted by Gasteiger charge is -2.18. The van der Waals surface area contributed by atoms with Crippen LogP contribution in [0.5, 0.6) is 0 Å². The average molecular weight is 306 g/mol. The molecular formula is C20H22N2O+2. The Labute approximate surface area is 136 Å². The first-order valence-corrected chi connectivity index (χ1v) is 8.29. The van der Waals surface area contributed by atoms with E-state index >= 15 is 0 Å². The lowest BCUT2D eigenvalue weighted by Crippen LogP contribution is -3.12. The van der Waals surface area contributed by atoms with Crippen LogP contribution in [0.4, 0.5) is 0 Å². The molecule has 0 radical (unpaired) electrons. The van der Waals surface area contributed by atoms with Crippen molar-refractivity contribution in [3.05, 3.63) is 66.0 Å². The maximum absolute atomic E-state index is 6.17. The minimum absolute atomic E-state index is 0.936. The average Bonchev–Trinajstić information content (AvgIpc) is 2.62. The van der Waals surface area contributed by atoms with Crippen molar-refractivity contribution < 1.29 is 9.32 Å². The van der Waals surface area contributed by atoms with Gasteiger partial charge in [0.25, 0.3) is 0 Å². The largest absolute Gasteiger partial charge is 0.456 e. The van der Waals surface area contributed by atoms with Gasteiger partial charge < -0.3 is 9.32 Å². The van der Waals surface area contributed by atoms with Gasteiger partial charge in [0.1, 0.15) is 24.4 Å². The molecule has 23 heavy (non-hydrogen) atoms. The highest BCUT2D eigenvalue weighted by Gasteiger charge is 2.20. The number of nitrogens with one attached hydrogen (secondary N) is 1. The third-order valence-corrected chi connectivity index (χ3v) is 4.67. The number of nitrogens with zero attached hydrogens (tertiary/aromatic N) is 1. The maximum atomic E-state index is 6.17. The Bertz CT molecular complexity index is 886. The molecule has 1 fully saturated rings. The van der Waals surface area contributed by atoms with Gasteiger partial charge in [-0.1, -0.05) is 42.5 Å². The van der Waals surface area contributed by atoms with Crippen LogP contribution >= 0.6 is 0 Å². The van der Waals surface area contributed by atoms with Crippen LogP contribution < -0.4 is 14.8 Å². The summed E-state index contributed by atoms with van der Waals surface area (Å²) in [6, 6.07) is 20.9. The van der Waals surface area contributed by atoms with Crippen molar-refractivity contribution in [1.29, 1.82) is 0 Å². The minimum atomic E-state index is 0.936. The lowest BCUT2D eigenvalue weighted by molar-refractivity contribution is -0.882. The first-order chi connectivity index (χ1) is 11.3. The summed E-state index contributed by atoms with van der Waals surface area (Å²) in [5, 5.41) is 2.49. The molecule has 3 heteroatoms. The fraction of sp³-hybridized carbons (Fsp3) is 0.250. The zero-order chi connectivity index (χ0) is 15.6. The summed E-state index contributed by atoms with van der Waals surface area (Å²) in [5.41, 5.74) is 2.08. The molecule has 0 saturated carbocycles. The van der Waals surface area contributed by atoms with Crippen molar-refractivity contribution in [1.82, 2.24) is 4.58 Å². The number of fused-ring (bicyclic) bond motifs is 1. The van der Waals surface area contributed by atoms with E-state index in [2.05, 4.69) is 60.2 Å². The van der Waals surface area contributed by atoms with Gasteiger partial charge in [-0.15, -0.1) is 0 Å². The molecule has 0 spiro atoms. The SMILES string of the molecule is C[NH+]1CC[N+](=c2cc(-c3ccccc3)oc3ccccc23)CC1. The molecule has 1 saturated heterocycles. The van der Waals surface area contributed by atoms with Crippen LogP contribution in [-0.2, 0) is 0 Å². The highest BCUT2D eigenvalue weighted by Crippen LogP contribution is 2.21. The Kier molecular flexibility index (Phi) is 3.72. The smallest absolute Gasteiger partial charge is 0.215 e. The summed E-state index contributed by atoms with van der Waals surface area (Å²) in [5.74, 6) is 0.936. The van der Waals surface area contributed by atoms with E-state index in [-0.39, 0.29) is 0 Å².